The summed E-state index contributed by atoms with van der Waals surface area (Å²) in [6, 6.07) is 5.26. The predicted octanol–water partition coefficient (Wildman–Crippen LogP) is 3.34. The van der Waals surface area contributed by atoms with E-state index in [-0.39, 0.29) is 11.8 Å². The highest BCUT2D eigenvalue weighted by atomic mass is 35.5. The van der Waals surface area contributed by atoms with Gasteiger partial charge in [0.2, 0.25) is 0 Å². The van der Waals surface area contributed by atoms with Gasteiger partial charge in [-0.1, -0.05) is 17.7 Å². The SMILES string of the molecule is CC(C)(C)OC(=O)N1CC2CN(Cc3ccc(Cl)cc3O)CC2C1. The predicted molar refractivity (Wildman–Crippen MR) is 93.2 cm³/mol. The highest BCUT2D eigenvalue weighted by Gasteiger charge is 2.42. The Morgan fingerprint density at radius 2 is 1.88 bits per heavy atom. The monoisotopic (exact) mass is 352 g/mol. The van der Waals surface area contributed by atoms with E-state index in [1.165, 1.54) is 0 Å². The third-order valence-electron chi connectivity index (χ3n) is 4.65. The molecule has 0 bridgehead atoms. The van der Waals surface area contributed by atoms with Crippen molar-refractivity contribution in [2.75, 3.05) is 26.2 Å². The third kappa shape index (κ3) is 3.95. The number of halogens is 1. The number of benzene rings is 1. The average Bonchev–Trinajstić information content (AvgIpc) is 2.98. The lowest BCUT2D eigenvalue weighted by atomic mass is 10.0. The summed E-state index contributed by atoms with van der Waals surface area (Å²) >= 11 is 5.88. The summed E-state index contributed by atoms with van der Waals surface area (Å²) in [7, 11) is 0. The average molecular weight is 353 g/mol. The minimum atomic E-state index is -0.451. The van der Waals surface area contributed by atoms with Crippen LogP contribution in [0.4, 0.5) is 4.79 Å². The maximum Gasteiger partial charge on any atom is 0.410 e. The van der Waals surface area contributed by atoms with E-state index in [1.807, 2.05) is 31.7 Å². The van der Waals surface area contributed by atoms with Gasteiger partial charge < -0.3 is 14.7 Å². The minimum Gasteiger partial charge on any atom is -0.508 e. The van der Waals surface area contributed by atoms with Gasteiger partial charge in [-0.05, 0) is 44.7 Å². The van der Waals surface area contributed by atoms with Crippen LogP contribution in [-0.4, -0.2) is 52.8 Å². The number of carbonyl (C=O) groups excluding carboxylic acids is 1. The summed E-state index contributed by atoms with van der Waals surface area (Å²) in [5.74, 6) is 1.20. The fraction of sp³-hybridized carbons (Fsp3) is 0.611. The minimum absolute atomic E-state index is 0.209. The van der Waals surface area contributed by atoms with Crippen molar-refractivity contribution in [2.45, 2.75) is 32.9 Å². The standard InChI is InChI=1S/C18H25ClN2O3/c1-18(2,3)24-17(23)21-10-13-8-20(9-14(13)11-21)7-12-4-5-15(19)6-16(12)22/h4-6,13-14,22H,7-11H2,1-3H3. The first-order valence-corrected chi connectivity index (χ1v) is 8.77. The molecule has 5 nitrogen and oxygen atoms in total. The van der Waals surface area contributed by atoms with Gasteiger partial charge in [-0.2, -0.15) is 0 Å². The molecule has 6 heteroatoms. The van der Waals surface area contributed by atoms with Crippen molar-refractivity contribution >= 4 is 17.7 Å². The molecule has 1 aromatic rings. The van der Waals surface area contributed by atoms with Crippen molar-refractivity contribution < 1.29 is 14.6 Å². The number of ether oxygens (including phenoxy) is 1. The number of rotatable bonds is 2. The van der Waals surface area contributed by atoms with Gasteiger partial charge in [0.25, 0.3) is 0 Å². The highest BCUT2D eigenvalue weighted by molar-refractivity contribution is 6.30. The molecule has 1 N–H and O–H groups in total. The molecule has 0 saturated carbocycles. The van der Waals surface area contributed by atoms with Crippen LogP contribution < -0.4 is 0 Å². The number of phenolic OH excluding ortho intramolecular Hbond substituents is 1. The van der Waals surface area contributed by atoms with Crippen LogP contribution in [0.3, 0.4) is 0 Å². The van der Waals surface area contributed by atoms with Crippen LogP contribution >= 0.6 is 11.6 Å². The molecule has 0 aromatic heterocycles. The first-order chi connectivity index (χ1) is 11.2. The Hall–Kier alpha value is -1.46. The molecule has 1 aromatic carbocycles. The number of hydrogen-bond acceptors (Lipinski definition) is 4. The molecular weight excluding hydrogens is 328 g/mol. The Bertz CT molecular complexity index is 615. The van der Waals surface area contributed by atoms with Crippen molar-refractivity contribution in [3.63, 3.8) is 0 Å². The number of fused-ring (bicyclic) bond motifs is 1. The maximum atomic E-state index is 12.2. The van der Waals surface area contributed by atoms with E-state index in [0.29, 0.717) is 23.4 Å². The van der Waals surface area contributed by atoms with Crippen LogP contribution in [0.25, 0.3) is 0 Å². The molecule has 1 amide bonds. The second-order valence-electron chi connectivity index (χ2n) is 7.87. The van der Waals surface area contributed by atoms with E-state index in [9.17, 15) is 9.90 Å². The lowest BCUT2D eigenvalue weighted by Crippen LogP contribution is -2.37. The largest absolute Gasteiger partial charge is 0.508 e. The summed E-state index contributed by atoms with van der Waals surface area (Å²) in [6.45, 7) is 9.76. The van der Waals surface area contributed by atoms with Crippen LogP contribution in [0.1, 0.15) is 26.3 Å². The van der Waals surface area contributed by atoms with Crippen LogP contribution in [-0.2, 0) is 11.3 Å². The molecule has 0 spiro atoms. The van der Waals surface area contributed by atoms with E-state index >= 15 is 0 Å². The summed E-state index contributed by atoms with van der Waals surface area (Å²) in [5.41, 5.74) is 0.441. The lowest BCUT2D eigenvalue weighted by molar-refractivity contribution is 0.0274. The quantitative estimate of drug-likeness (QED) is 0.886. The smallest absolute Gasteiger partial charge is 0.410 e. The Balaban J connectivity index is 1.54. The van der Waals surface area contributed by atoms with Gasteiger partial charge in [-0.25, -0.2) is 4.79 Å². The molecule has 0 radical (unpaired) electrons. The van der Waals surface area contributed by atoms with E-state index in [4.69, 9.17) is 16.3 Å². The number of phenols is 1. The Morgan fingerprint density at radius 3 is 2.42 bits per heavy atom. The first-order valence-electron chi connectivity index (χ1n) is 8.39. The number of carbonyl (C=O) groups is 1. The lowest BCUT2D eigenvalue weighted by Gasteiger charge is -2.26. The van der Waals surface area contributed by atoms with E-state index in [0.717, 1.165) is 31.7 Å². The van der Waals surface area contributed by atoms with Crippen LogP contribution in [0.2, 0.25) is 5.02 Å². The molecule has 2 unspecified atom stereocenters. The molecule has 132 valence electrons. The summed E-state index contributed by atoms with van der Waals surface area (Å²) < 4.78 is 5.46. The zero-order chi connectivity index (χ0) is 17.5. The molecule has 2 aliphatic heterocycles. The third-order valence-corrected chi connectivity index (χ3v) is 4.89. The molecule has 2 saturated heterocycles. The van der Waals surface area contributed by atoms with Crippen molar-refractivity contribution in [3.05, 3.63) is 28.8 Å². The topological polar surface area (TPSA) is 53.0 Å². The van der Waals surface area contributed by atoms with Crippen LogP contribution in [0, 0.1) is 11.8 Å². The molecular formula is C18H25ClN2O3. The molecule has 3 rings (SSSR count). The molecule has 24 heavy (non-hydrogen) atoms. The van der Waals surface area contributed by atoms with Gasteiger partial charge in [-0.3, -0.25) is 4.90 Å². The number of likely N-dealkylation sites (tertiary alicyclic amines) is 2. The van der Waals surface area contributed by atoms with Crippen molar-refractivity contribution in [2.24, 2.45) is 11.8 Å². The van der Waals surface area contributed by atoms with Gasteiger partial charge >= 0.3 is 6.09 Å². The summed E-state index contributed by atoms with van der Waals surface area (Å²) in [5, 5.41) is 10.5. The van der Waals surface area contributed by atoms with Crippen molar-refractivity contribution in [1.82, 2.24) is 9.80 Å². The van der Waals surface area contributed by atoms with Gasteiger partial charge in [0.1, 0.15) is 11.4 Å². The van der Waals surface area contributed by atoms with Crippen LogP contribution in [0.5, 0.6) is 5.75 Å². The van der Waals surface area contributed by atoms with E-state index in [2.05, 4.69) is 4.90 Å². The second kappa shape index (κ2) is 6.45. The Kier molecular flexibility index (Phi) is 4.67. The Labute approximate surface area is 148 Å². The zero-order valence-corrected chi connectivity index (χ0v) is 15.2. The van der Waals surface area contributed by atoms with Gasteiger partial charge in [-0.15, -0.1) is 0 Å². The fourth-order valence-electron chi connectivity index (χ4n) is 3.61. The molecule has 2 aliphatic rings. The fourth-order valence-corrected chi connectivity index (χ4v) is 3.77. The molecule has 2 heterocycles. The number of nitrogens with zero attached hydrogens (tertiary/aromatic N) is 2. The Morgan fingerprint density at radius 1 is 1.25 bits per heavy atom. The summed E-state index contributed by atoms with van der Waals surface area (Å²) in [4.78, 5) is 16.4. The van der Waals surface area contributed by atoms with E-state index < -0.39 is 5.60 Å². The molecule has 0 aliphatic carbocycles. The van der Waals surface area contributed by atoms with E-state index in [1.54, 1.807) is 12.1 Å². The van der Waals surface area contributed by atoms with Crippen molar-refractivity contribution in [1.29, 1.82) is 0 Å². The summed E-state index contributed by atoms with van der Waals surface area (Å²) in [6.07, 6.45) is -0.209. The number of hydrogen-bond donors (Lipinski definition) is 1. The number of amides is 1. The van der Waals surface area contributed by atoms with Crippen molar-refractivity contribution in [3.8, 4) is 5.75 Å². The maximum absolute atomic E-state index is 12.2. The number of aromatic hydroxyl groups is 1. The molecule has 2 atom stereocenters. The zero-order valence-electron chi connectivity index (χ0n) is 14.5. The van der Waals surface area contributed by atoms with Gasteiger partial charge in [0.15, 0.2) is 0 Å². The normalized spacial score (nSPS) is 24.2. The second-order valence-corrected chi connectivity index (χ2v) is 8.31. The van der Waals surface area contributed by atoms with Gasteiger partial charge in [0.05, 0.1) is 0 Å². The highest BCUT2D eigenvalue weighted by Crippen LogP contribution is 2.34. The van der Waals surface area contributed by atoms with Gasteiger partial charge in [0, 0.05) is 43.3 Å². The first kappa shape index (κ1) is 17.4. The molecule has 2 fully saturated rings. The van der Waals surface area contributed by atoms with Crippen LogP contribution in [0.15, 0.2) is 18.2 Å².